The molecule has 0 amide bonds. The van der Waals surface area contributed by atoms with Crippen molar-refractivity contribution in [1.82, 2.24) is 15.0 Å². The second-order valence-electron chi connectivity index (χ2n) is 6.28. The van der Waals surface area contributed by atoms with E-state index in [4.69, 9.17) is 16.3 Å². The molecule has 0 aromatic carbocycles. The maximum absolute atomic E-state index is 14.5. The SMILES string of the molecule is Fc1cc(N2CCOCC2)cnc1C#Cc1cnc(C(F)F)c2cnc(Cl)cc12. The van der Waals surface area contributed by atoms with E-state index in [0.717, 1.165) is 0 Å². The maximum atomic E-state index is 14.5. The number of aromatic nitrogens is 3. The van der Waals surface area contributed by atoms with E-state index < -0.39 is 17.9 Å². The first-order valence-corrected chi connectivity index (χ1v) is 9.13. The molecule has 0 unspecified atom stereocenters. The van der Waals surface area contributed by atoms with Crippen molar-refractivity contribution in [2.75, 3.05) is 31.2 Å². The van der Waals surface area contributed by atoms with E-state index in [1.54, 1.807) is 6.20 Å². The average Bonchev–Trinajstić information content (AvgIpc) is 2.73. The average molecular weight is 419 g/mol. The Morgan fingerprint density at radius 1 is 1.00 bits per heavy atom. The first-order chi connectivity index (χ1) is 14.0. The lowest BCUT2D eigenvalue weighted by molar-refractivity contribution is 0.122. The lowest BCUT2D eigenvalue weighted by atomic mass is 10.1. The number of alkyl halides is 2. The molecule has 3 aromatic heterocycles. The molecular formula is C20H14ClF3N4O. The number of anilines is 1. The zero-order chi connectivity index (χ0) is 20.4. The van der Waals surface area contributed by atoms with Gasteiger partial charge in [-0.15, -0.1) is 0 Å². The van der Waals surface area contributed by atoms with Crippen LogP contribution >= 0.6 is 11.6 Å². The van der Waals surface area contributed by atoms with Crippen molar-refractivity contribution >= 4 is 28.1 Å². The summed E-state index contributed by atoms with van der Waals surface area (Å²) >= 11 is 5.90. The van der Waals surface area contributed by atoms with Gasteiger partial charge >= 0.3 is 0 Å². The lowest BCUT2D eigenvalue weighted by Gasteiger charge is -2.28. The van der Waals surface area contributed by atoms with E-state index >= 15 is 0 Å². The van der Waals surface area contributed by atoms with E-state index in [1.807, 2.05) is 4.90 Å². The molecule has 0 atom stereocenters. The summed E-state index contributed by atoms with van der Waals surface area (Å²) in [6, 6.07) is 2.80. The Balaban J connectivity index is 1.69. The zero-order valence-corrected chi connectivity index (χ0v) is 15.8. The molecule has 3 aromatic rings. The fourth-order valence-corrected chi connectivity index (χ4v) is 3.20. The topological polar surface area (TPSA) is 51.1 Å². The third-order valence-electron chi connectivity index (χ3n) is 4.49. The number of pyridine rings is 3. The first kappa shape index (κ1) is 19.4. The van der Waals surface area contributed by atoms with Crippen molar-refractivity contribution in [3.8, 4) is 11.8 Å². The van der Waals surface area contributed by atoms with Crippen molar-refractivity contribution in [3.63, 3.8) is 0 Å². The van der Waals surface area contributed by atoms with Gasteiger partial charge in [-0.1, -0.05) is 17.5 Å². The van der Waals surface area contributed by atoms with Crippen molar-refractivity contribution in [1.29, 1.82) is 0 Å². The zero-order valence-electron chi connectivity index (χ0n) is 15.0. The minimum Gasteiger partial charge on any atom is -0.378 e. The first-order valence-electron chi connectivity index (χ1n) is 8.75. The lowest BCUT2D eigenvalue weighted by Crippen LogP contribution is -2.36. The van der Waals surface area contributed by atoms with E-state index in [1.165, 1.54) is 24.5 Å². The fourth-order valence-electron chi connectivity index (χ4n) is 3.04. The van der Waals surface area contributed by atoms with Crippen LogP contribution in [-0.2, 0) is 4.74 Å². The predicted octanol–water partition coefficient (Wildman–Crippen LogP) is 3.99. The standard InChI is InChI=1S/C20H14ClF3N4O/c21-18-8-14-12(9-27-19(20(23)24)15(14)11-26-18)1-2-17-16(22)7-13(10-25-17)28-3-5-29-6-4-28/h7-11,20H,3-6H2. The normalized spacial score (nSPS) is 14.2. The number of halogens is 4. The third-order valence-corrected chi connectivity index (χ3v) is 4.70. The second-order valence-corrected chi connectivity index (χ2v) is 6.67. The van der Waals surface area contributed by atoms with Crippen LogP contribution in [0.1, 0.15) is 23.4 Å². The highest BCUT2D eigenvalue weighted by atomic mass is 35.5. The molecule has 0 saturated carbocycles. The molecule has 29 heavy (non-hydrogen) atoms. The van der Waals surface area contributed by atoms with Crippen LogP contribution in [0.2, 0.25) is 5.15 Å². The van der Waals surface area contributed by atoms with Crippen LogP contribution in [0.3, 0.4) is 0 Å². The number of nitrogens with zero attached hydrogens (tertiary/aromatic N) is 4. The monoisotopic (exact) mass is 418 g/mol. The quantitative estimate of drug-likeness (QED) is 0.465. The van der Waals surface area contributed by atoms with E-state index in [2.05, 4.69) is 26.8 Å². The summed E-state index contributed by atoms with van der Waals surface area (Å²) in [5.41, 5.74) is 0.525. The maximum Gasteiger partial charge on any atom is 0.281 e. The Bertz CT molecular complexity index is 1120. The molecule has 0 N–H and O–H groups in total. The molecule has 0 radical (unpaired) electrons. The summed E-state index contributed by atoms with van der Waals surface area (Å²) in [6.45, 7) is 2.48. The Hall–Kier alpha value is -2.89. The van der Waals surface area contributed by atoms with Crippen LogP contribution in [-0.4, -0.2) is 41.3 Å². The van der Waals surface area contributed by atoms with Crippen LogP contribution in [0.15, 0.2) is 30.7 Å². The van der Waals surface area contributed by atoms with Crippen LogP contribution < -0.4 is 4.90 Å². The van der Waals surface area contributed by atoms with Gasteiger partial charge < -0.3 is 9.64 Å². The molecule has 9 heteroatoms. The molecule has 1 aliphatic heterocycles. The molecule has 1 saturated heterocycles. The summed E-state index contributed by atoms with van der Waals surface area (Å²) in [5.74, 6) is 4.84. The van der Waals surface area contributed by atoms with Gasteiger partial charge in [0.15, 0.2) is 5.82 Å². The van der Waals surface area contributed by atoms with Gasteiger partial charge in [0, 0.05) is 42.3 Å². The number of ether oxygens (including phenoxy) is 1. The van der Waals surface area contributed by atoms with Crippen molar-refractivity contribution in [3.05, 3.63) is 58.6 Å². The highest BCUT2D eigenvalue weighted by Crippen LogP contribution is 2.28. The Morgan fingerprint density at radius 2 is 1.79 bits per heavy atom. The molecule has 4 heterocycles. The van der Waals surface area contributed by atoms with Gasteiger partial charge in [0.05, 0.1) is 30.7 Å². The smallest absolute Gasteiger partial charge is 0.281 e. The van der Waals surface area contributed by atoms with Crippen LogP contribution in [0.25, 0.3) is 10.8 Å². The van der Waals surface area contributed by atoms with Crippen LogP contribution in [0.5, 0.6) is 0 Å². The Morgan fingerprint density at radius 3 is 2.52 bits per heavy atom. The largest absolute Gasteiger partial charge is 0.378 e. The molecular weight excluding hydrogens is 405 g/mol. The second kappa shape index (κ2) is 8.23. The van der Waals surface area contributed by atoms with Gasteiger partial charge in [-0.3, -0.25) is 4.98 Å². The number of morpholine rings is 1. The summed E-state index contributed by atoms with van der Waals surface area (Å²) in [7, 11) is 0. The molecule has 148 valence electrons. The van der Waals surface area contributed by atoms with Crippen molar-refractivity contribution in [2.24, 2.45) is 0 Å². The van der Waals surface area contributed by atoms with Crippen molar-refractivity contribution < 1.29 is 17.9 Å². The van der Waals surface area contributed by atoms with E-state index in [-0.39, 0.29) is 16.2 Å². The van der Waals surface area contributed by atoms with Crippen LogP contribution in [0.4, 0.5) is 18.9 Å². The summed E-state index contributed by atoms with van der Waals surface area (Å²) < 4.78 is 46.2. The fraction of sp³-hybridized carbons (Fsp3) is 0.250. The van der Waals surface area contributed by atoms with Gasteiger partial charge in [0.2, 0.25) is 0 Å². The number of fused-ring (bicyclic) bond motifs is 1. The molecule has 0 bridgehead atoms. The van der Waals surface area contributed by atoms with Gasteiger partial charge in [-0.2, -0.15) is 0 Å². The third kappa shape index (κ3) is 4.11. The summed E-state index contributed by atoms with van der Waals surface area (Å²) in [6.07, 6.45) is 1.23. The summed E-state index contributed by atoms with van der Waals surface area (Å²) in [4.78, 5) is 13.7. The minimum atomic E-state index is -2.77. The van der Waals surface area contributed by atoms with Crippen LogP contribution in [0, 0.1) is 17.7 Å². The molecule has 0 spiro atoms. The summed E-state index contributed by atoms with van der Waals surface area (Å²) in [5, 5.41) is 0.645. The highest BCUT2D eigenvalue weighted by Gasteiger charge is 2.16. The van der Waals surface area contributed by atoms with Gasteiger partial charge in [-0.05, 0) is 12.0 Å². The molecule has 1 aliphatic rings. The molecule has 4 rings (SSSR count). The Kier molecular flexibility index (Phi) is 5.51. The predicted molar refractivity (Wildman–Crippen MR) is 103 cm³/mol. The number of hydrogen-bond acceptors (Lipinski definition) is 5. The van der Waals surface area contributed by atoms with Gasteiger partial charge in [-0.25, -0.2) is 23.1 Å². The molecule has 0 aliphatic carbocycles. The van der Waals surface area contributed by atoms with Gasteiger partial charge in [0.1, 0.15) is 16.5 Å². The number of rotatable bonds is 2. The van der Waals surface area contributed by atoms with Gasteiger partial charge in [0.25, 0.3) is 6.43 Å². The Labute approximate surface area is 169 Å². The highest BCUT2D eigenvalue weighted by molar-refractivity contribution is 6.30. The molecule has 5 nitrogen and oxygen atoms in total. The van der Waals surface area contributed by atoms with Crippen molar-refractivity contribution in [2.45, 2.75) is 6.43 Å². The van der Waals surface area contributed by atoms with E-state index in [9.17, 15) is 13.2 Å². The number of hydrogen-bond donors (Lipinski definition) is 0. The minimum absolute atomic E-state index is 0.0479. The molecule has 1 fully saturated rings. The van der Waals surface area contributed by atoms with E-state index in [0.29, 0.717) is 42.9 Å².